The molecular formula is C14H17N3O2. The van der Waals surface area contributed by atoms with E-state index in [1.165, 1.54) is 0 Å². The van der Waals surface area contributed by atoms with E-state index in [4.69, 9.17) is 10.00 Å². The van der Waals surface area contributed by atoms with Crippen molar-refractivity contribution in [3.05, 3.63) is 29.3 Å². The van der Waals surface area contributed by atoms with Crippen molar-refractivity contribution in [2.75, 3.05) is 20.2 Å². The van der Waals surface area contributed by atoms with Crippen molar-refractivity contribution < 1.29 is 9.53 Å². The van der Waals surface area contributed by atoms with Gasteiger partial charge in [0.25, 0.3) is 0 Å². The largest absolute Gasteiger partial charge is 0.496 e. The Morgan fingerprint density at radius 3 is 3.05 bits per heavy atom. The first-order valence-corrected chi connectivity index (χ1v) is 6.25. The molecule has 0 bridgehead atoms. The Kier molecular flexibility index (Phi) is 4.03. The van der Waals surface area contributed by atoms with Gasteiger partial charge in [-0.15, -0.1) is 0 Å². The Morgan fingerprint density at radius 2 is 2.37 bits per heavy atom. The van der Waals surface area contributed by atoms with Crippen molar-refractivity contribution >= 4 is 5.91 Å². The number of hydrogen-bond acceptors (Lipinski definition) is 4. The number of piperazine rings is 1. The number of carbonyl (C=O) groups excluding carboxylic acids is 1. The van der Waals surface area contributed by atoms with Gasteiger partial charge in [-0.05, 0) is 25.1 Å². The zero-order valence-corrected chi connectivity index (χ0v) is 11.1. The lowest BCUT2D eigenvalue weighted by atomic mass is 10.1. The number of amides is 1. The van der Waals surface area contributed by atoms with Crippen molar-refractivity contribution in [2.45, 2.75) is 19.5 Å². The Balaban J connectivity index is 2.22. The SMILES string of the molecule is COc1ccc(C#N)cc1CN1CCNC(C)C1=O. The number of nitrogens with one attached hydrogen (secondary N) is 1. The standard InChI is InChI=1S/C14H17N3O2/c1-10-14(18)17(6-5-16-10)9-12-7-11(8-15)3-4-13(12)19-2/h3-4,7,10,16H,5-6,9H2,1-2H3. The fraction of sp³-hybridized carbons (Fsp3) is 0.429. The van der Waals surface area contributed by atoms with Crippen LogP contribution in [0.15, 0.2) is 18.2 Å². The fourth-order valence-corrected chi connectivity index (χ4v) is 2.22. The van der Waals surface area contributed by atoms with E-state index in [1.807, 2.05) is 6.92 Å². The van der Waals surface area contributed by atoms with E-state index in [9.17, 15) is 4.79 Å². The van der Waals surface area contributed by atoms with Crippen LogP contribution in [0, 0.1) is 11.3 Å². The van der Waals surface area contributed by atoms with E-state index in [0.717, 1.165) is 12.1 Å². The molecule has 1 aliphatic rings. The van der Waals surface area contributed by atoms with Gasteiger partial charge in [0.15, 0.2) is 0 Å². The van der Waals surface area contributed by atoms with Gasteiger partial charge in [-0.1, -0.05) is 0 Å². The van der Waals surface area contributed by atoms with Crippen molar-refractivity contribution in [1.82, 2.24) is 10.2 Å². The number of hydrogen-bond donors (Lipinski definition) is 1. The molecule has 1 amide bonds. The summed E-state index contributed by atoms with van der Waals surface area (Å²) in [5.74, 6) is 0.786. The minimum Gasteiger partial charge on any atom is -0.496 e. The third kappa shape index (κ3) is 2.85. The molecule has 1 heterocycles. The summed E-state index contributed by atoms with van der Waals surface area (Å²) in [6.45, 7) is 3.79. The van der Waals surface area contributed by atoms with E-state index in [-0.39, 0.29) is 11.9 Å². The molecule has 1 saturated heterocycles. The molecule has 0 saturated carbocycles. The highest BCUT2D eigenvalue weighted by molar-refractivity contribution is 5.82. The van der Waals surface area contributed by atoms with Crippen LogP contribution in [0.2, 0.25) is 0 Å². The van der Waals surface area contributed by atoms with Crippen LogP contribution in [0.25, 0.3) is 0 Å². The summed E-state index contributed by atoms with van der Waals surface area (Å²) in [5.41, 5.74) is 1.44. The molecule has 1 aromatic carbocycles. The van der Waals surface area contributed by atoms with Gasteiger partial charge in [-0.3, -0.25) is 4.79 Å². The van der Waals surface area contributed by atoms with Crippen molar-refractivity contribution in [3.8, 4) is 11.8 Å². The molecule has 100 valence electrons. The zero-order chi connectivity index (χ0) is 13.8. The number of ether oxygens (including phenoxy) is 1. The maximum absolute atomic E-state index is 12.0. The molecule has 19 heavy (non-hydrogen) atoms. The predicted octanol–water partition coefficient (Wildman–Crippen LogP) is 0.887. The number of carbonyl (C=O) groups is 1. The zero-order valence-electron chi connectivity index (χ0n) is 11.1. The van der Waals surface area contributed by atoms with Crippen molar-refractivity contribution in [1.29, 1.82) is 5.26 Å². The molecule has 5 heteroatoms. The Morgan fingerprint density at radius 1 is 1.58 bits per heavy atom. The summed E-state index contributed by atoms with van der Waals surface area (Å²) in [6.07, 6.45) is 0. The molecule has 1 N–H and O–H groups in total. The predicted molar refractivity (Wildman–Crippen MR) is 70.6 cm³/mol. The van der Waals surface area contributed by atoms with Gasteiger partial charge in [-0.2, -0.15) is 5.26 Å². The van der Waals surface area contributed by atoms with Crippen LogP contribution in [0.5, 0.6) is 5.75 Å². The van der Waals surface area contributed by atoms with Gasteiger partial charge >= 0.3 is 0 Å². The molecule has 0 aliphatic carbocycles. The second-order valence-corrected chi connectivity index (χ2v) is 4.57. The van der Waals surface area contributed by atoms with Crippen LogP contribution < -0.4 is 10.1 Å². The first-order chi connectivity index (χ1) is 9.15. The molecule has 2 rings (SSSR count). The monoisotopic (exact) mass is 259 g/mol. The normalized spacial score (nSPS) is 19.1. The first-order valence-electron chi connectivity index (χ1n) is 6.25. The number of benzene rings is 1. The quantitative estimate of drug-likeness (QED) is 0.875. The minimum atomic E-state index is -0.154. The van der Waals surface area contributed by atoms with E-state index < -0.39 is 0 Å². The lowest BCUT2D eigenvalue weighted by molar-refractivity contribution is -0.135. The van der Waals surface area contributed by atoms with Crippen LogP contribution in [0.3, 0.4) is 0 Å². The summed E-state index contributed by atoms with van der Waals surface area (Å²) in [5, 5.41) is 12.1. The van der Waals surface area contributed by atoms with Crippen LogP contribution in [0.1, 0.15) is 18.1 Å². The van der Waals surface area contributed by atoms with E-state index >= 15 is 0 Å². The number of rotatable bonds is 3. The highest BCUT2D eigenvalue weighted by atomic mass is 16.5. The third-order valence-electron chi connectivity index (χ3n) is 3.29. The van der Waals surface area contributed by atoms with Gasteiger partial charge in [0.05, 0.1) is 24.8 Å². The summed E-state index contributed by atoms with van der Waals surface area (Å²) >= 11 is 0. The van der Waals surface area contributed by atoms with Gasteiger partial charge in [0, 0.05) is 25.2 Å². The number of nitriles is 1. The minimum absolute atomic E-state index is 0.0793. The van der Waals surface area contributed by atoms with Crippen LogP contribution in [-0.4, -0.2) is 37.0 Å². The van der Waals surface area contributed by atoms with Crippen LogP contribution in [-0.2, 0) is 11.3 Å². The molecule has 1 aliphatic heterocycles. The van der Waals surface area contributed by atoms with Crippen molar-refractivity contribution in [2.24, 2.45) is 0 Å². The molecule has 1 fully saturated rings. The molecule has 1 aromatic rings. The Bertz CT molecular complexity index is 522. The lowest BCUT2D eigenvalue weighted by Gasteiger charge is -2.31. The molecule has 0 aromatic heterocycles. The average molecular weight is 259 g/mol. The highest BCUT2D eigenvalue weighted by Crippen LogP contribution is 2.22. The smallest absolute Gasteiger partial charge is 0.239 e. The van der Waals surface area contributed by atoms with Crippen LogP contribution >= 0.6 is 0 Å². The van der Waals surface area contributed by atoms with E-state index in [0.29, 0.717) is 24.4 Å². The first kappa shape index (κ1) is 13.4. The fourth-order valence-electron chi connectivity index (χ4n) is 2.22. The maximum Gasteiger partial charge on any atom is 0.239 e. The second kappa shape index (κ2) is 5.72. The third-order valence-corrected chi connectivity index (χ3v) is 3.29. The van der Waals surface area contributed by atoms with Gasteiger partial charge in [-0.25, -0.2) is 0 Å². The summed E-state index contributed by atoms with van der Waals surface area (Å²) < 4.78 is 5.29. The Labute approximate surface area is 112 Å². The van der Waals surface area contributed by atoms with E-state index in [1.54, 1.807) is 30.2 Å². The number of methoxy groups -OCH3 is 1. The Hall–Kier alpha value is -2.06. The van der Waals surface area contributed by atoms with Crippen LogP contribution in [0.4, 0.5) is 0 Å². The lowest BCUT2D eigenvalue weighted by Crippen LogP contribution is -2.53. The molecular weight excluding hydrogens is 242 g/mol. The molecule has 1 unspecified atom stereocenters. The molecule has 1 atom stereocenters. The summed E-state index contributed by atoms with van der Waals surface area (Å²) in [6, 6.07) is 7.21. The van der Waals surface area contributed by atoms with Gasteiger partial charge in [0.2, 0.25) is 5.91 Å². The molecule has 5 nitrogen and oxygen atoms in total. The van der Waals surface area contributed by atoms with E-state index in [2.05, 4.69) is 11.4 Å². The highest BCUT2D eigenvalue weighted by Gasteiger charge is 2.25. The van der Waals surface area contributed by atoms with Crippen molar-refractivity contribution in [3.63, 3.8) is 0 Å². The topological polar surface area (TPSA) is 65.4 Å². The second-order valence-electron chi connectivity index (χ2n) is 4.57. The van der Waals surface area contributed by atoms with Gasteiger partial charge < -0.3 is 15.0 Å². The molecule has 0 spiro atoms. The summed E-state index contributed by atoms with van der Waals surface area (Å²) in [4.78, 5) is 13.8. The summed E-state index contributed by atoms with van der Waals surface area (Å²) in [7, 11) is 1.59. The van der Waals surface area contributed by atoms with Gasteiger partial charge in [0.1, 0.15) is 5.75 Å². The maximum atomic E-state index is 12.0. The molecule has 0 radical (unpaired) electrons. The number of nitrogens with zero attached hydrogens (tertiary/aromatic N) is 2. The average Bonchev–Trinajstić information content (AvgIpc) is 2.43.